The fraction of sp³-hybridized carbons (Fsp3) is 0.250. The minimum Gasteiger partial charge on any atom is -0.310 e. The molecule has 0 aliphatic rings. The van der Waals surface area contributed by atoms with Crippen LogP contribution in [0.2, 0.25) is 5.02 Å². The molecule has 0 saturated heterocycles. The minimum atomic E-state index is -0.0866. The molecule has 1 aromatic heterocycles. The Morgan fingerprint density at radius 3 is 2.77 bits per heavy atom. The Morgan fingerprint density at radius 2 is 2.09 bits per heavy atom. The first kappa shape index (κ1) is 16.9. The molecule has 2 aromatic rings. The standard InChI is InChI=1S/C16H17BrClN3O/c1-21(9-8-12-4-2-3-5-14(12)18)11-16(22)20-15-7-6-13(17)10-19-15/h2-7,10H,8-9,11H2,1H3,(H,19,20,22). The summed E-state index contributed by atoms with van der Waals surface area (Å²) in [6.07, 6.45) is 2.46. The summed E-state index contributed by atoms with van der Waals surface area (Å²) in [6, 6.07) is 11.3. The molecule has 2 rings (SSSR count). The van der Waals surface area contributed by atoms with Crippen molar-refractivity contribution in [3.05, 3.63) is 57.7 Å². The molecule has 1 N–H and O–H groups in total. The van der Waals surface area contributed by atoms with Crippen LogP contribution in [0.15, 0.2) is 47.1 Å². The number of likely N-dealkylation sites (N-methyl/N-ethyl adjacent to an activating group) is 1. The van der Waals surface area contributed by atoms with Gasteiger partial charge in [-0.25, -0.2) is 4.98 Å². The minimum absolute atomic E-state index is 0.0866. The highest BCUT2D eigenvalue weighted by Crippen LogP contribution is 2.15. The number of carbonyl (C=O) groups excluding carboxylic acids is 1. The zero-order chi connectivity index (χ0) is 15.9. The molecule has 1 amide bonds. The van der Waals surface area contributed by atoms with Gasteiger partial charge in [-0.3, -0.25) is 9.69 Å². The highest BCUT2D eigenvalue weighted by atomic mass is 79.9. The lowest BCUT2D eigenvalue weighted by Crippen LogP contribution is -2.31. The van der Waals surface area contributed by atoms with Gasteiger partial charge in [0.2, 0.25) is 5.91 Å². The Hall–Kier alpha value is -1.43. The third kappa shape index (κ3) is 5.40. The first-order valence-electron chi connectivity index (χ1n) is 6.88. The van der Waals surface area contributed by atoms with Crippen LogP contribution in [-0.2, 0) is 11.2 Å². The summed E-state index contributed by atoms with van der Waals surface area (Å²) in [5.41, 5.74) is 1.09. The number of rotatable bonds is 6. The summed E-state index contributed by atoms with van der Waals surface area (Å²) in [4.78, 5) is 18.0. The van der Waals surface area contributed by atoms with Crippen LogP contribution in [0.3, 0.4) is 0 Å². The van der Waals surface area contributed by atoms with E-state index in [1.807, 2.05) is 42.3 Å². The number of carbonyl (C=O) groups is 1. The molecule has 0 radical (unpaired) electrons. The quantitative estimate of drug-likeness (QED) is 0.830. The third-order valence-corrected chi connectivity index (χ3v) is 3.97. The second-order valence-corrected chi connectivity index (χ2v) is 6.31. The third-order valence-electron chi connectivity index (χ3n) is 3.13. The van der Waals surface area contributed by atoms with Crippen molar-refractivity contribution in [1.82, 2.24) is 9.88 Å². The van der Waals surface area contributed by atoms with Crippen LogP contribution in [0.1, 0.15) is 5.56 Å². The number of nitrogens with zero attached hydrogens (tertiary/aromatic N) is 2. The van der Waals surface area contributed by atoms with Crippen LogP contribution in [0.25, 0.3) is 0 Å². The molecule has 22 heavy (non-hydrogen) atoms. The molecule has 0 aliphatic heterocycles. The fourth-order valence-electron chi connectivity index (χ4n) is 1.97. The van der Waals surface area contributed by atoms with E-state index in [0.29, 0.717) is 12.4 Å². The maximum atomic E-state index is 12.0. The summed E-state index contributed by atoms with van der Waals surface area (Å²) in [7, 11) is 1.91. The normalized spacial score (nSPS) is 10.7. The number of nitrogens with one attached hydrogen (secondary N) is 1. The molecule has 1 aromatic carbocycles. The van der Waals surface area contributed by atoms with E-state index in [1.165, 1.54) is 0 Å². The molecule has 0 bridgehead atoms. The predicted molar refractivity (Wildman–Crippen MR) is 93.2 cm³/mol. The van der Waals surface area contributed by atoms with E-state index < -0.39 is 0 Å². The monoisotopic (exact) mass is 381 g/mol. The molecule has 4 nitrogen and oxygen atoms in total. The van der Waals surface area contributed by atoms with Gasteiger partial charge in [-0.15, -0.1) is 0 Å². The molecule has 0 aliphatic carbocycles. The zero-order valence-corrected chi connectivity index (χ0v) is 14.6. The van der Waals surface area contributed by atoms with Crippen molar-refractivity contribution in [2.45, 2.75) is 6.42 Å². The molecule has 6 heteroatoms. The van der Waals surface area contributed by atoms with Gasteiger partial charge in [0.15, 0.2) is 0 Å². The number of hydrogen-bond acceptors (Lipinski definition) is 3. The Balaban J connectivity index is 1.79. The molecular formula is C16H17BrClN3O. The molecule has 0 unspecified atom stereocenters. The van der Waals surface area contributed by atoms with E-state index in [-0.39, 0.29) is 5.91 Å². The van der Waals surface area contributed by atoms with Gasteiger partial charge in [0.25, 0.3) is 0 Å². The van der Waals surface area contributed by atoms with E-state index in [1.54, 1.807) is 12.3 Å². The lowest BCUT2D eigenvalue weighted by Gasteiger charge is -2.16. The van der Waals surface area contributed by atoms with E-state index in [2.05, 4.69) is 26.2 Å². The van der Waals surface area contributed by atoms with Gasteiger partial charge in [0, 0.05) is 22.2 Å². The largest absolute Gasteiger partial charge is 0.310 e. The van der Waals surface area contributed by atoms with Gasteiger partial charge in [-0.05, 0) is 53.2 Å². The van der Waals surface area contributed by atoms with Crippen LogP contribution in [0.5, 0.6) is 0 Å². The molecule has 116 valence electrons. The van der Waals surface area contributed by atoms with Crippen molar-refractivity contribution in [3.63, 3.8) is 0 Å². The number of hydrogen-bond donors (Lipinski definition) is 1. The zero-order valence-electron chi connectivity index (χ0n) is 12.2. The lowest BCUT2D eigenvalue weighted by molar-refractivity contribution is -0.117. The maximum Gasteiger partial charge on any atom is 0.239 e. The van der Waals surface area contributed by atoms with Crippen molar-refractivity contribution >= 4 is 39.3 Å². The Kier molecular flexibility index (Phi) is 6.36. The number of amides is 1. The highest BCUT2D eigenvalue weighted by Gasteiger charge is 2.08. The summed E-state index contributed by atoms with van der Waals surface area (Å²) < 4.78 is 0.877. The average Bonchev–Trinajstić information content (AvgIpc) is 2.49. The van der Waals surface area contributed by atoms with Crippen LogP contribution in [0.4, 0.5) is 5.82 Å². The molecule has 1 heterocycles. The SMILES string of the molecule is CN(CCc1ccccc1Cl)CC(=O)Nc1ccc(Br)cn1. The number of pyridine rings is 1. The predicted octanol–water partition coefficient (Wildman–Crippen LogP) is 3.61. The van der Waals surface area contributed by atoms with Gasteiger partial charge in [-0.2, -0.15) is 0 Å². The fourth-order valence-corrected chi connectivity index (χ4v) is 2.43. The van der Waals surface area contributed by atoms with Crippen molar-refractivity contribution in [1.29, 1.82) is 0 Å². The van der Waals surface area contributed by atoms with Gasteiger partial charge < -0.3 is 5.32 Å². The maximum absolute atomic E-state index is 12.0. The highest BCUT2D eigenvalue weighted by molar-refractivity contribution is 9.10. The van der Waals surface area contributed by atoms with Gasteiger partial charge in [0.1, 0.15) is 5.82 Å². The Bertz CT molecular complexity index is 634. The average molecular weight is 383 g/mol. The first-order valence-corrected chi connectivity index (χ1v) is 8.05. The lowest BCUT2D eigenvalue weighted by atomic mass is 10.1. The van der Waals surface area contributed by atoms with E-state index in [0.717, 1.165) is 28.0 Å². The van der Waals surface area contributed by atoms with Crippen LogP contribution >= 0.6 is 27.5 Å². The topological polar surface area (TPSA) is 45.2 Å². The smallest absolute Gasteiger partial charge is 0.239 e. The molecule has 0 spiro atoms. The van der Waals surface area contributed by atoms with Crippen LogP contribution < -0.4 is 5.32 Å². The second kappa shape index (κ2) is 8.27. The molecule has 0 atom stereocenters. The van der Waals surface area contributed by atoms with Crippen LogP contribution in [0, 0.1) is 0 Å². The Morgan fingerprint density at radius 1 is 1.32 bits per heavy atom. The van der Waals surface area contributed by atoms with Crippen molar-refractivity contribution in [2.24, 2.45) is 0 Å². The van der Waals surface area contributed by atoms with Crippen molar-refractivity contribution in [3.8, 4) is 0 Å². The first-order chi connectivity index (χ1) is 10.5. The summed E-state index contributed by atoms with van der Waals surface area (Å²) >= 11 is 9.43. The van der Waals surface area contributed by atoms with E-state index in [9.17, 15) is 4.79 Å². The molecule has 0 fully saturated rings. The summed E-state index contributed by atoms with van der Waals surface area (Å²) in [6.45, 7) is 1.06. The van der Waals surface area contributed by atoms with Crippen LogP contribution in [-0.4, -0.2) is 35.9 Å². The molecule has 0 saturated carbocycles. The number of aromatic nitrogens is 1. The van der Waals surface area contributed by atoms with Crippen molar-refractivity contribution < 1.29 is 4.79 Å². The number of halogens is 2. The van der Waals surface area contributed by atoms with Gasteiger partial charge in [0.05, 0.1) is 6.54 Å². The number of benzene rings is 1. The Labute approximate surface area is 143 Å². The van der Waals surface area contributed by atoms with E-state index in [4.69, 9.17) is 11.6 Å². The summed E-state index contributed by atoms with van der Waals surface area (Å²) in [5.74, 6) is 0.462. The van der Waals surface area contributed by atoms with Gasteiger partial charge >= 0.3 is 0 Å². The second-order valence-electron chi connectivity index (χ2n) is 4.99. The van der Waals surface area contributed by atoms with Gasteiger partial charge in [-0.1, -0.05) is 29.8 Å². The van der Waals surface area contributed by atoms with E-state index >= 15 is 0 Å². The number of anilines is 1. The van der Waals surface area contributed by atoms with Crippen molar-refractivity contribution in [2.75, 3.05) is 25.5 Å². The molecular weight excluding hydrogens is 366 g/mol. The summed E-state index contributed by atoms with van der Waals surface area (Å²) in [5, 5.41) is 3.53.